The normalized spacial score (nSPS) is 16.8. The number of amides is 2. The third-order valence-electron chi connectivity index (χ3n) is 3.80. The molecule has 1 heterocycles. The zero-order chi connectivity index (χ0) is 17.1. The number of halogens is 1. The third kappa shape index (κ3) is 3.51. The van der Waals surface area contributed by atoms with E-state index in [1.165, 1.54) is 0 Å². The van der Waals surface area contributed by atoms with Crippen molar-refractivity contribution < 1.29 is 14.3 Å². The van der Waals surface area contributed by atoms with Crippen molar-refractivity contribution in [3.05, 3.63) is 53.6 Å². The summed E-state index contributed by atoms with van der Waals surface area (Å²) in [5.41, 5.74) is 1.31. The molecule has 5 nitrogen and oxygen atoms in total. The van der Waals surface area contributed by atoms with Gasteiger partial charge in [-0.15, -0.1) is 0 Å². The van der Waals surface area contributed by atoms with Crippen molar-refractivity contribution in [1.82, 2.24) is 0 Å². The lowest BCUT2D eigenvalue weighted by molar-refractivity contribution is -0.121. The average Bonchev–Trinajstić information content (AvgIpc) is 2.68. The first kappa shape index (κ1) is 16.3. The second-order valence-corrected chi connectivity index (χ2v) is 6.06. The number of carbonyl (C=O) groups excluding carboxylic acids is 2. The number of fused-ring (bicyclic) bond motifs is 1. The molecular formula is C18H17ClN2O3. The van der Waals surface area contributed by atoms with Crippen LogP contribution in [0, 0.1) is 0 Å². The number of para-hydroxylation sites is 2. The van der Waals surface area contributed by atoms with E-state index in [0.717, 1.165) is 0 Å². The summed E-state index contributed by atoms with van der Waals surface area (Å²) in [6.07, 6.45) is 0.237. The molecule has 2 aromatic rings. The van der Waals surface area contributed by atoms with Crippen LogP contribution in [0.3, 0.4) is 0 Å². The van der Waals surface area contributed by atoms with Crippen molar-refractivity contribution in [2.24, 2.45) is 0 Å². The number of nitrogens with one attached hydrogen (secondary N) is 1. The van der Waals surface area contributed by atoms with E-state index in [1.54, 1.807) is 35.2 Å². The SMILES string of the molecule is CC1CC(=O)Nc2ccccc2N1C(=O)COc1ccc(Cl)cc1. The van der Waals surface area contributed by atoms with Crippen LogP contribution in [-0.4, -0.2) is 24.5 Å². The summed E-state index contributed by atoms with van der Waals surface area (Å²) in [4.78, 5) is 26.3. The standard InChI is InChI=1S/C18H17ClN2O3/c1-12-10-17(22)20-15-4-2-3-5-16(15)21(12)18(23)11-24-14-8-6-13(19)7-9-14/h2-9,12H,10-11H2,1H3,(H,20,22). The quantitative estimate of drug-likeness (QED) is 0.927. The number of hydrogen-bond donors (Lipinski definition) is 1. The maximum Gasteiger partial charge on any atom is 0.265 e. The zero-order valence-electron chi connectivity index (χ0n) is 13.2. The summed E-state index contributed by atoms with van der Waals surface area (Å²) < 4.78 is 5.55. The Labute approximate surface area is 145 Å². The Morgan fingerprint density at radius 1 is 1.25 bits per heavy atom. The molecule has 6 heteroatoms. The zero-order valence-corrected chi connectivity index (χ0v) is 13.9. The number of anilines is 2. The van der Waals surface area contributed by atoms with Crippen LogP contribution in [-0.2, 0) is 9.59 Å². The first-order valence-electron chi connectivity index (χ1n) is 7.64. The maximum absolute atomic E-state index is 12.7. The van der Waals surface area contributed by atoms with Crippen LogP contribution in [0.1, 0.15) is 13.3 Å². The number of hydrogen-bond acceptors (Lipinski definition) is 3. The molecule has 0 saturated carbocycles. The maximum atomic E-state index is 12.7. The first-order valence-corrected chi connectivity index (χ1v) is 8.01. The summed E-state index contributed by atoms with van der Waals surface area (Å²) in [6, 6.07) is 13.8. The molecule has 0 bridgehead atoms. The van der Waals surface area contributed by atoms with Crippen LogP contribution < -0.4 is 15.0 Å². The number of rotatable bonds is 3. The summed E-state index contributed by atoms with van der Waals surface area (Å²) in [5.74, 6) is 0.253. The number of carbonyl (C=O) groups is 2. The number of ether oxygens (including phenoxy) is 1. The Bertz CT molecular complexity index is 761. The predicted octanol–water partition coefficient (Wildman–Crippen LogP) is 3.48. The highest BCUT2D eigenvalue weighted by Gasteiger charge is 2.29. The summed E-state index contributed by atoms with van der Waals surface area (Å²) in [7, 11) is 0. The van der Waals surface area contributed by atoms with Gasteiger partial charge in [0.25, 0.3) is 5.91 Å². The van der Waals surface area contributed by atoms with Crippen LogP contribution in [0.5, 0.6) is 5.75 Å². The Morgan fingerprint density at radius 2 is 1.96 bits per heavy atom. The fourth-order valence-corrected chi connectivity index (χ4v) is 2.84. The Morgan fingerprint density at radius 3 is 2.71 bits per heavy atom. The Kier molecular flexibility index (Phi) is 4.71. The van der Waals surface area contributed by atoms with Gasteiger partial charge in [0.1, 0.15) is 5.75 Å². The molecule has 3 rings (SSSR count). The number of nitrogens with zero attached hydrogens (tertiary/aromatic N) is 1. The topological polar surface area (TPSA) is 58.6 Å². The highest BCUT2D eigenvalue weighted by atomic mass is 35.5. The third-order valence-corrected chi connectivity index (χ3v) is 4.06. The van der Waals surface area contributed by atoms with Crippen LogP contribution in [0.2, 0.25) is 5.02 Å². The highest BCUT2D eigenvalue weighted by Crippen LogP contribution is 2.31. The van der Waals surface area contributed by atoms with Crippen molar-refractivity contribution in [2.75, 3.05) is 16.8 Å². The van der Waals surface area contributed by atoms with Crippen molar-refractivity contribution in [2.45, 2.75) is 19.4 Å². The monoisotopic (exact) mass is 344 g/mol. The van der Waals surface area contributed by atoms with E-state index in [2.05, 4.69) is 5.32 Å². The van der Waals surface area contributed by atoms with Crippen LogP contribution in [0.4, 0.5) is 11.4 Å². The van der Waals surface area contributed by atoms with Gasteiger partial charge in [0, 0.05) is 17.5 Å². The van der Waals surface area contributed by atoms with E-state index in [1.807, 2.05) is 25.1 Å². The highest BCUT2D eigenvalue weighted by molar-refractivity contribution is 6.30. The molecule has 1 N–H and O–H groups in total. The molecule has 1 atom stereocenters. The Hall–Kier alpha value is -2.53. The minimum Gasteiger partial charge on any atom is -0.484 e. The lowest BCUT2D eigenvalue weighted by Crippen LogP contribution is -2.41. The molecule has 0 aliphatic carbocycles. The van der Waals surface area contributed by atoms with Crippen LogP contribution in [0.25, 0.3) is 0 Å². The van der Waals surface area contributed by atoms with Crippen molar-refractivity contribution in [3.8, 4) is 5.75 Å². The molecule has 124 valence electrons. The summed E-state index contributed by atoms with van der Waals surface area (Å²) >= 11 is 5.83. The summed E-state index contributed by atoms with van der Waals surface area (Å²) in [6.45, 7) is 1.73. The van der Waals surface area contributed by atoms with Gasteiger partial charge in [-0.2, -0.15) is 0 Å². The first-order chi connectivity index (χ1) is 11.5. The number of benzene rings is 2. The van der Waals surface area contributed by atoms with E-state index in [0.29, 0.717) is 22.1 Å². The second-order valence-electron chi connectivity index (χ2n) is 5.62. The van der Waals surface area contributed by atoms with Gasteiger partial charge in [-0.25, -0.2) is 0 Å². The Balaban J connectivity index is 1.79. The molecule has 0 radical (unpaired) electrons. The molecule has 0 aromatic heterocycles. The van der Waals surface area contributed by atoms with Gasteiger partial charge in [-0.05, 0) is 43.3 Å². The van der Waals surface area contributed by atoms with E-state index >= 15 is 0 Å². The molecule has 2 amide bonds. The van der Waals surface area contributed by atoms with Gasteiger partial charge in [-0.1, -0.05) is 23.7 Å². The van der Waals surface area contributed by atoms with E-state index in [4.69, 9.17) is 16.3 Å². The summed E-state index contributed by atoms with van der Waals surface area (Å²) in [5, 5.41) is 3.43. The fourth-order valence-electron chi connectivity index (χ4n) is 2.71. The minimum absolute atomic E-state index is 0.108. The van der Waals surface area contributed by atoms with Gasteiger partial charge in [0.15, 0.2) is 6.61 Å². The average molecular weight is 345 g/mol. The smallest absolute Gasteiger partial charge is 0.265 e. The largest absolute Gasteiger partial charge is 0.484 e. The lowest BCUT2D eigenvalue weighted by Gasteiger charge is -2.27. The van der Waals surface area contributed by atoms with E-state index < -0.39 is 0 Å². The van der Waals surface area contributed by atoms with E-state index in [9.17, 15) is 9.59 Å². The van der Waals surface area contributed by atoms with Crippen LogP contribution >= 0.6 is 11.6 Å². The molecule has 1 aliphatic heterocycles. The molecule has 0 saturated heterocycles. The molecule has 2 aromatic carbocycles. The second kappa shape index (κ2) is 6.93. The van der Waals surface area contributed by atoms with Crippen molar-refractivity contribution in [3.63, 3.8) is 0 Å². The van der Waals surface area contributed by atoms with Gasteiger partial charge in [-0.3, -0.25) is 9.59 Å². The lowest BCUT2D eigenvalue weighted by atomic mass is 10.1. The molecule has 0 fully saturated rings. The van der Waals surface area contributed by atoms with Crippen molar-refractivity contribution in [1.29, 1.82) is 0 Å². The van der Waals surface area contributed by atoms with Gasteiger partial charge in [0.2, 0.25) is 5.91 Å². The van der Waals surface area contributed by atoms with Gasteiger partial charge < -0.3 is 15.0 Å². The molecular weight excluding hydrogens is 328 g/mol. The van der Waals surface area contributed by atoms with Crippen molar-refractivity contribution >= 4 is 34.8 Å². The van der Waals surface area contributed by atoms with E-state index in [-0.39, 0.29) is 30.9 Å². The predicted molar refractivity (Wildman–Crippen MR) is 93.6 cm³/mol. The fraction of sp³-hybridized carbons (Fsp3) is 0.222. The minimum atomic E-state index is -0.255. The molecule has 1 aliphatic rings. The molecule has 0 spiro atoms. The molecule has 24 heavy (non-hydrogen) atoms. The molecule has 1 unspecified atom stereocenters. The van der Waals surface area contributed by atoms with Crippen LogP contribution in [0.15, 0.2) is 48.5 Å². The van der Waals surface area contributed by atoms with Gasteiger partial charge >= 0.3 is 0 Å². The van der Waals surface area contributed by atoms with Gasteiger partial charge in [0.05, 0.1) is 11.4 Å².